The molecule has 3 rings (SSSR count). The molecular weight excluding hydrogens is 419 g/mol. The molecule has 158 valence electrons. The van der Waals surface area contributed by atoms with E-state index in [1.807, 2.05) is 10.3 Å². The second-order valence-electron chi connectivity index (χ2n) is 8.01. The van der Waals surface area contributed by atoms with Crippen LogP contribution in [0.1, 0.15) is 44.9 Å². The zero-order chi connectivity index (χ0) is 21.2. The number of halogens is 3. The van der Waals surface area contributed by atoms with Gasteiger partial charge in [-0.15, -0.1) is 11.3 Å². The molecule has 2 heterocycles. The first-order valence-corrected chi connectivity index (χ1v) is 11.3. The van der Waals surface area contributed by atoms with Gasteiger partial charge in [-0.2, -0.15) is 13.2 Å². The quantitative estimate of drug-likeness (QED) is 0.594. The van der Waals surface area contributed by atoms with Gasteiger partial charge in [0, 0.05) is 23.9 Å². The molecule has 1 saturated heterocycles. The molecule has 4 nitrogen and oxygen atoms in total. The van der Waals surface area contributed by atoms with Crippen molar-refractivity contribution in [2.75, 3.05) is 29.1 Å². The summed E-state index contributed by atoms with van der Waals surface area (Å²) in [6, 6.07) is 3.49. The summed E-state index contributed by atoms with van der Waals surface area (Å²) < 4.78 is 40.2. The molecule has 29 heavy (non-hydrogen) atoms. The maximum atomic E-state index is 13.1. The van der Waals surface area contributed by atoms with Crippen molar-refractivity contribution in [1.82, 2.24) is 4.98 Å². The Bertz CT molecular complexity index is 869. The summed E-state index contributed by atoms with van der Waals surface area (Å²) in [5.41, 5.74) is 1.07. The fraction of sp³-hybridized carbons (Fsp3) is 0.500. The molecule has 1 aromatic heterocycles. The molecule has 0 bridgehead atoms. The van der Waals surface area contributed by atoms with Gasteiger partial charge in [0.15, 0.2) is 4.34 Å². The van der Waals surface area contributed by atoms with Crippen LogP contribution in [0.25, 0.3) is 0 Å². The molecule has 1 fully saturated rings. The van der Waals surface area contributed by atoms with Crippen molar-refractivity contribution >= 4 is 40.4 Å². The van der Waals surface area contributed by atoms with Crippen LogP contribution in [0.3, 0.4) is 0 Å². The van der Waals surface area contributed by atoms with Crippen LogP contribution >= 0.6 is 23.1 Å². The Kier molecular flexibility index (Phi) is 6.48. The van der Waals surface area contributed by atoms with E-state index in [0.717, 1.165) is 35.0 Å². The standard InChI is InChI=1S/C20H24F3N3OS2/c1-19(2,3)16-11-28-18(25-16)29-12-17(27)24-14-7-6-13(20(21,22)23)10-15(14)26-8-4-5-9-26/h6-7,10-11H,4-5,8-9,12H2,1-3H3,(H,24,27). The average Bonchev–Trinajstić information content (AvgIpc) is 3.31. The Morgan fingerprint density at radius 3 is 2.52 bits per heavy atom. The smallest absolute Gasteiger partial charge is 0.370 e. The van der Waals surface area contributed by atoms with Crippen LogP contribution in [0.5, 0.6) is 0 Å². The van der Waals surface area contributed by atoms with Gasteiger partial charge in [-0.3, -0.25) is 4.79 Å². The Labute approximate surface area is 176 Å². The minimum Gasteiger partial charge on any atom is -0.370 e. The van der Waals surface area contributed by atoms with Crippen LogP contribution in [-0.2, 0) is 16.4 Å². The first-order valence-electron chi connectivity index (χ1n) is 9.39. The van der Waals surface area contributed by atoms with Crippen LogP contribution in [0.2, 0.25) is 0 Å². The number of thioether (sulfide) groups is 1. The number of carbonyl (C=O) groups excluding carboxylic acids is 1. The summed E-state index contributed by atoms with van der Waals surface area (Å²) in [5, 5.41) is 4.77. The van der Waals surface area contributed by atoms with Gasteiger partial charge in [-0.1, -0.05) is 32.5 Å². The second-order valence-corrected chi connectivity index (χ2v) is 10.1. The molecule has 1 N–H and O–H groups in total. The molecule has 1 aliphatic heterocycles. The normalized spacial score (nSPS) is 15.0. The van der Waals surface area contributed by atoms with Crippen LogP contribution in [0.15, 0.2) is 27.9 Å². The minimum atomic E-state index is -4.41. The average molecular weight is 444 g/mol. The van der Waals surface area contributed by atoms with E-state index in [2.05, 4.69) is 31.1 Å². The summed E-state index contributed by atoms with van der Waals surface area (Å²) >= 11 is 2.82. The van der Waals surface area contributed by atoms with E-state index in [-0.39, 0.29) is 17.1 Å². The molecule has 1 aliphatic rings. The first kappa shape index (κ1) is 22.0. The number of hydrogen-bond donors (Lipinski definition) is 1. The number of alkyl halides is 3. The number of aromatic nitrogens is 1. The highest BCUT2D eigenvalue weighted by atomic mass is 32.2. The van der Waals surface area contributed by atoms with E-state index >= 15 is 0 Å². The van der Waals surface area contributed by atoms with Crippen molar-refractivity contribution in [3.8, 4) is 0 Å². The van der Waals surface area contributed by atoms with Gasteiger partial charge < -0.3 is 10.2 Å². The molecule has 1 aromatic carbocycles. The zero-order valence-corrected chi connectivity index (χ0v) is 18.2. The third kappa shape index (κ3) is 5.66. The number of hydrogen-bond acceptors (Lipinski definition) is 5. The molecule has 0 aliphatic carbocycles. The summed E-state index contributed by atoms with van der Waals surface area (Å²) in [7, 11) is 0. The van der Waals surface area contributed by atoms with Gasteiger partial charge in [-0.05, 0) is 31.0 Å². The summed E-state index contributed by atoms with van der Waals surface area (Å²) in [6.45, 7) is 7.61. The fourth-order valence-electron chi connectivity index (χ4n) is 3.01. The van der Waals surface area contributed by atoms with Crippen LogP contribution in [-0.4, -0.2) is 29.7 Å². The maximum absolute atomic E-state index is 13.1. The molecule has 1 amide bonds. The zero-order valence-electron chi connectivity index (χ0n) is 16.6. The van der Waals surface area contributed by atoms with Crippen molar-refractivity contribution in [3.63, 3.8) is 0 Å². The third-order valence-electron chi connectivity index (χ3n) is 4.62. The molecule has 9 heteroatoms. The number of benzene rings is 1. The van der Waals surface area contributed by atoms with E-state index in [1.54, 1.807) is 0 Å². The number of nitrogens with zero attached hydrogens (tertiary/aromatic N) is 2. The number of thiazole rings is 1. The summed E-state index contributed by atoms with van der Waals surface area (Å²) in [4.78, 5) is 18.9. The van der Waals surface area contributed by atoms with Gasteiger partial charge in [0.05, 0.1) is 28.4 Å². The fourth-order valence-corrected chi connectivity index (χ4v) is 4.87. The predicted molar refractivity (Wildman–Crippen MR) is 113 cm³/mol. The van der Waals surface area contributed by atoms with Gasteiger partial charge >= 0.3 is 6.18 Å². The molecule has 2 aromatic rings. The van der Waals surface area contributed by atoms with Crippen LogP contribution in [0, 0.1) is 0 Å². The lowest BCUT2D eigenvalue weighted by atomic mass is 9.93. The minimum absolute atomic E-state index is 0.0531. The van der Waals surface area contributed by atoms with Crippen molar-refractivity contribution in [1.29, 1.82) is 0 Å². The van der Waals surface area contributed by atoms with E-state index in [9.17, 15) is 18.0 Å². The molecular formula is C20H24F3N3OS2. The van der Waals surface area contributed by atoms with Crippen LogP contribution < -0.4 is 10.2 Å². The van der Waals surface area contributed by atoms with Gasteiger partial charge in [0.25, 0.3) is 0 Å². The van der Waals surface area contributed by atoms with Gasteiger partial charge in [0.1, 0.15) is 0 Å². The molecule has 0 saturated carbocycles. The first-order chi connectivity index (χ1) is 13.5. The lowest BCUT2D eigenvalue weighted by Crippen LogP contribution is -2.22. The molecule has 0 atom stereocenters. The van der Waals surface area contributed by atoms with E-state index in [1.165, 1.54) is 29.2 Å². The highest BCUT2D eigenvalue weighted by Gasteiger charge is 2.32. The number of carbonyl (C=O) groups is 1. The number of anilines is 2. The topological polar surface area (TPSA) is 45.2 Å². The lowest BCUT2D eigenvalue weighted by molar-refractivity contribution is -0.137. The van der Waals surface area contributed by atoms with Crippen LogP contribution in [0.4, 0.5) is 24.5 Å². The van der Waals surface area contributed by atoms with E-state index < -0.39 is 11.7 Å². The molecule has 0 radical (unpaired) electrons. The second kappa shape index (κ2) is 8.55. The Morgan fingerprint density at radius 2 is 1.93 bits per heavy atom. The third-order valence-corrected chi connectivity index (χ3v) is 6.65. The Balaban J connectivity index is 1.70. The number of nitrogens with one attached hydrogen (secondary N) is 1. The van der Waals surface area contributed by atoms with Crippen molar-refractivity contribution in [2.45, 2.75) is 49.5 Å². The van der Waals surface area contributed by atoms with Crippen molar-refractivity contribution in [3.05, 3.63) is 34.8 Å². The Morgan fingerprint density at radius 1 is 1.24 bits per heavy atom. The number of rotatable bonds is 5. The van der Waals surface area contributed by atoms with E-state index in [4.69, 9.17) is 0 Å². The molecule has 0 unspecified atom stereocenters. The van der Waals surface area contributed by atoms with Gasteiger partial charge in [0.2, 0.25) is 5.91 Å². The number of amides is 1. The summed E-state index contributed by atoms with van der Waals surface area (Å²) in [5.74, 6) is -0.111. The highest BCUT2D eigenvalue weighted by molar-refractivity contribution is 8.01. The predicted octanol–water partition coefficient (Wildman–Crippen LogP) is 5.79. The monoisotopic (exact) mass is 443 g/mol. The molecule has 0 spiro atoms. The van der Waals surface area contributed by atoms with E-state index in [0.29, 0.717) is 24.5 Å². The SMILES string of the molecule is CC(C)(C)c1csc(SCC(=O)Nc2ccc(C(F)(F)F)cc2N2CCCC2)n1. The van der Waals surface area contributed by atoms with Crippen molar-refractivity contribution < 1.29 is 18.0 Å². The maximum Gasteiger partial charge on any atom is 0.416 e. The Hall–Kier alpha value is -1.74. The summed E-state index contributed by atoms with van der Waals surface area (Å²) in [6.07, 6.45) is -2.55. The largest absolute Gasteiger partial charge is 0.416 e. The highest BCUT2D eigenvalue weighted by Crippen LogP contribution is 2.37. The van der Waals surface area contributed by atoms with Crippen molar-refractivity contribution in [2.24, 2.45) is 0 Å². The lowest BCUT2D eigenvalue weighted by Gasteiger charge is -2.23. The van der Waals surface area contributed by atoms with Gasteiger partial charge in [-0.25, -0.2) is 4.98 Å².